The van der Waals surface area contributed by atoms with Crippen LogP contribution in [0.2, 0.25) is 0 Å². The summed E-state index contributed by atoms with van der Waals surface area (Å²) in [5.74, 6) is 0.397. The average Bonchev–Trinajstić information content (AvgIpc) is 3.43. The standard InChI is InChI=1S/C25H26FN5O3S/c1-16-22(17(2)31(30-16)14-19-7-5-4-6-8-19)13-27-23(32)15-35-25-29-28-24(34-25)18(3)33-21-11-9-20(26)10-12-21/h4-12,18H,13-15H2,1-3H3,(H,27,32). The lowest BCUT2D eigenvalue weighted by molar-refractivity contribution is -0.118. The van der Waals surface area contributed by atoms with Crippen LogP contribution in [-0.4, -0.2) is 31.6 Å². The van der Waals surface area contributed by atoms with Gasteiger partial charge in [0.05, 0.1) is 18.0 Å². The van der Waals surface area contributed by atoms with Crippen LogP contribution in [0.4, 0.5) is 4.39 Å². The summed E-state index contributed by atoms with van der Waals surface area (Å²) in [5, 5.41) is 15.8. The number of carbonyl (C=O) groups is 1. The second-order valence-electron chi connectivity index (χ2n) is 7.98. The van der Waals surface area contributed by atoms with Gasteiger partial charge in [-0.3, -0.25) is 9.48 Å². The molecule has 4 rings (SSSR count). The first-order valence-electron chi connectivity index (χ1n) is 11.1. The van der Waals surface area contributed by atoms with E-state index in [9.17, 15) is 9.18 Å². The fourth-order valence-corrected chi connectivity index (χ4v) is 4.08. The number of halogens is 1. The summed E-state index contributed by atoms with van der Waals surface area (Å²) >= 11 is 1.15. The largest absolute Gasteiger partial charge is 0.481 e. The number of amides is 1. The minimum Gasteiger partial charge on any atom is -0.481 e. The zero-order valence-electron chi connectivity index (χ0n) is 19.7. The van der Waals surface area contributed by atoms with Gasteiger partial charge in [-0.2, -0.15) is 5.10 Å². The number of benzene rings is 2. The van der Waals surface area contributed by atoms with Gasteiger partial charge in [-0.05, 0) is 50.6 Å². The van der Waals surface area contributed by atoms with Crippen molar-refractivity contribution < 1.29 is 18.3 Å². The molecular formula is C25H26FN5O3S. The van der Waals surface area contributed by atoms with Crippen LogP contribution in [0.1, 0.15) is 41.4 Å². The Kier molecular flexibility index (Phi) is 7.81. The molecule has 1 unspecified atom stereocenters. The molecule has 1 N–H and O–H groups in total. The predicted octanol–water partition coefficient (Wildman–Crippen LogP) is 4.62. The maximum absolute atomic E-state index is 13.0. The van der Waals surface area contributed by atoms with E-state index in [2.05, 4.69) is 32.7 Å². The van der Waals surface area contributed by atoms with E-state index in [1.54, 1.807) is 6.92 Å². The van der Waals surface area contributed by atoms with Gasteiger partial charge >= 0.3 is 0 Å². The van der Waals surface area contributed by atoms with E-state index >= 15 is 0 Å². The van der Waals surface area contributed by atoms with Crippen molar-refractivity contribution >= 4 is 17.7 Å². The Hall–Kier alpha value is -3.66. The van der Waals surface area contributed by atoms with E-state index in [4.69, 9.17) is 9.15 Å². The summed E-state index contributed by atoms with van der Waals surface area (Å²) in [6, 6.07) is 15.8. The molecule has 0 spiro atoms. The molecule has 0 radical (unpaired) electrons. The summed E-state index contributed by atoms with van der Waals surface area (Å²) in [6.07, 6.45) is -0.519. The van der Waals surface area contributed by atoms with E-state index in [1.165, 1.54) is 29.8 Å². The van der Waals surface area contributed by atoms with E-state index in [0.29, 0.717) is 18.8 Å². The molecule has 2 aromatic carbocycles. The normalized spacial score (nSPS) is 11.9. The molecule has 0 saturated carbocycles. The second-order valence-corrected chi connectivity index (χ2v) is 8.90. The predicted molar refractivity (Wildman–Crippen MR) is 130 cm³/mol. The Bertz CT molecular complexity index is 1270. The minimum atomic E-state index is -0.519. The zero-order chi connectivity index (χ0) is 24.8. The highest BCUT2D eigenvalue weighted by Crippen LogP contribution is 2.24. The summed E-state index contributed by atoms with van der Waals surface area (Å²) in [5.41, 5.74) is 4.09. The molecule has 4 aromatic rings. The molecule has 10 heteroatoms. The molecule has 182 valence electrons. The summed E-state index contributed by atoms with van der Waals surface area (Å²) in [6.45, 7) is 6.78. The SMILES string of the molecule is Cc1nn(Cc2ccccc2)c(C)c1CNC(=O)CSc1nnc(C(C)Oc2ccc(F)cc2)o1. The summed E-state index contributed by atoms with van der Waals surface area (Å²) in [7, 11) is 0. The number of thioether (sulfide) groups is 1. The molecule has 8 nitrogen and oxygen atoms in total. The minimum absolute atomic E-state index is 0.130. The van der Waals surface area contributed by atoms with Gasteiger partial charge in [0.2, 0.25) is 5.91 Å². The monoisotopic (exact) mass is 495 g/mol. The molecule has 2 aromatic heterocycles. The summed E-state index contributed by atoms with van der Waals surface area (Å²) < 4.78 is 26.3. The fourth-order valence-electron chi connectivity index (χ4n) is 3.48. The number of carbonyl (C=O) groups excluding carboxylic acids is 1. The second kappa shape index (κ2) is 11.2. The number of hydrogen-bond acceptors (Lipinski definition) is 7. The van der Waals surface area contributed by atoms with Crippen LogP contribution >= 0.6 is 11.8 Å². The molecule has 0 bridgehead atoms. The van der Waals surface area contributed by atoms with Crippen LogP contribution in [0.5, 0.6) is 5.75 Å². The summed E-state index contributed by atoms with van der Waals surface area (Å²) in [4.78, 5) is 12.4. The van der Waals surface area contributed by atoms with Crippen molar-refractivity contribution in [2.75, 3.05) is 5.75 Å². The van der Waals surface area contributed by atoms with Crippen molar-refractivity contribution in [3.63, 3.8) is 0 Å². The van der Waals surface area contributed by atoms with E-state index < -0.39 is 6.10 Å². The quantitative estimate of drug-likeness (QED) is 0.321. The van der Waals surface area contributed by atoms with Crippen LogP contribution in [0.25, 0.3) is 0 Å². The Balaban J connectivity index is 1.26. The van der Waals surface area contributed by atoms with Gasteiger partial charge in [-0.1, -0.05) is 42.1 Å². The Morgan fingerprint density at radius 1 is 1.14 bits per heavy atom. The highest BCUT2D eigenvalue weighted by atomic mass is 32.2. The molecule has 0 saturated heterocycles. The molecule has 0 fully saturated rings. The number of aromatic nitrogens is 4. The third-order valence-corrected chi connectivity index (χ3v) is 6.21. The van der Waals surface area contributed by atoms with Crippen LogP contribution in [0.3, 0.4) is 0 Å². The molecule has 0 aliphatic carbocycles. The average molecular weight is 496 g/mol. The van der Waals surface area contributed by atoms with Crippen molar-refractivity contribution in [3.05, 3.63) is 88.8 Å². The van der Waals surface area contributed by atoms with Gasteiger partial charge in [0.25, 0.3) is 11.1 Å². The highest BCUT2D eigenvalue weighted by Gasteiger charge is 2.18. The topological polar surface area (TPSA) is 95.1 Å². The molecule has 0 aliphatic rings. The van der Waals surface area contributed by atoms with E-state index in [1.807, 2.05) is 36.7 Å². The van der Waals surface area contributed by atoms with E-state index in [0.717, 1.165) is 28.7 Å². The number of nitrogens with zero attached hydrogens (tertiary/aromatic N) is 4. The third-order valence-electron chi connectivity index (χ3n) is 5.39. The molecule has 2 heterocycles. The Morgan fingerprint density at radius 2 is 1.89 bits per heavy atom. The number of nitrogens with one attached hydrogen (secondary N) is 1. The molecule has 0 aliphatic heterocycles. The maximum Gasteiger partial charge on any atom is 0.277 e. The first kappa shape index (κ1) is 24.5. The fraction of sp³-hybridized carbons (Fsp3) is 0.280. The van der Waals surface area contributed by atoms with Crippen molar-refractivity contribution in [1.29, 1.82) is 0 Å². The first-order chi connectivity index (χ1) is 16.9. The smallest absolute Gasteiger partial charge is 0.277 e. The maximum atomic E-state index is 13.0. The van der Waals surface area contributed by atoms with Gasteiger partial charge in [0.15, 0.2) is 6.10 Å². The van der Waals surface area contributed by atoms with Gasteiger partial charge in [-0.15, -0.1) is 10.2 Å². The Labute approximate surface area is 206 Å². The molecular weight excluding hydrogens is 469 g/mol. The van der Waals surface area contributed by atoms with Gasteiger partial charge in [0.1, 0.15) is 11.6 Å². The van der Waals surface area contributed by atoms with Gasteiger partial charge < -0.3 is 14.5 Å². The molecule has 35 heavy (non-hydrogen) atoms. The lowest BCUT2D eigenvalue weighted by Crippen LogP contribution is -2.25. The van der Waals surface area contributed by atoms with Crippen LogP contribution in [0.15, 0.2) is 64.2 Å². The van der Waals surface area contributed by atoms with Gasteiger partial charge in [0, 0.05) is 17.8 Å². The van der Waals surface area contributed by atoms with Crippen LogP contribution in [-0.2, 0) is 17.9 Å². The van der Waals surface area contributed by atoms with Crippen molar-refractivity contribution in [2.24, 2.45) is 0 Å². The number of ether oxygens (including phenoxy) is 1. The first-order valence-corrected chi connectivity index (χ1v) is 12.1. The van der Waals surface area contributed by atoms with Gasteiger partial charge in [-0.25, -0.2) is 4.39 Å². The lowest BCUT2D eigenvalue weighted by atomic mass is 10.2. The van der Waals surface area contributed by atoms with Crippen LogP contribution in [0, 0.1) is 19.7 Å². The van der Waals surface area contributed by atoms with Crippen LogP contribution < -0.4 is 10.1 Å². The number of rotatable bonds is 10. The molecule has 1 amide bonds. The number of aryl methyl sites for hydroxylation is 1. The highest BCUT2D eigenvalue weighted by molar-refractivity contribution is 7.99. The van der Waals surface area contributed by atoms with Crippen molar-refractivity contribution in [2.45, 2.75) is 45.2 Å². The Morgan fingerprint density at radius 3 is 2.63 bits per heavy atom. The third kappa shape index (κ3) is 6.48. The van der Waals surface area contributed by atoms with E-state index in [-0.39, 0.29) is 28.6 Å². The zero-order valence-corrected chi connectivity index (χ0v) is 20.5. The van der Waals surface area contributed by atoms with Crippen molar-refractivity contribution in [3.8, 4) is 5.75 Å². The van der Waals surface area contributed by atoms with Crippen molar-refractivity contribution in [1.82, 2.24) is 25.3 Å². The number of hydrogen-bond donors (Lipinski definition) is 1. The molecule has 1 atom stereocenters. The lowest BCUT2D eigenvalue weighted by Gasteiger charge is -2.10.